The fraction of sp³-hybridized carbons (Fsp3) is 0.360. The summed E-state index contributed by atoms with van der Waals surface area (Å²) in [7, 11) is 0. The van der Waals surface area contributed by atoms with Crippen molar-refractivity contribution in [2.45, 2.75) is 45.3 Å². The smallest absolute Gasteiger partial charge is 0.254 e. The molecular weight excluding hydrogens is 388 g/mol. The zero-order valence-corrected chi connectivity index (χ0v) is 17.8. The van der Waals surface area contributed by atoms with Gasteiger partial charge in [0, 0.05) is 29.7 Å². The third-order valence-electron chi connectivity index (χ3n) is 6.16. The van der Waals surface area contributed by atoms with Crippen molar-refractivity contribution in [2.75, 3.05) is 6.61 Å². The minimum Gasteiger partial charge on any atom is -0.363 e. The van der Waals surface area contributed by atoms with Crippen molar-refractivity contribution in [3.8, 4) is 11.4 Å². The molecule has 1 N–H and O–H groups in total. The second-order valence-corrected chi connectivity index (χ2v) is 9.14. The Labute approximate surface area is 182 Å². The highest BCUT2D eigenvalue weighted by atomic mass is 16.5. The maximum absolute atomic E-state index is 13.3. The van der Waals surface area contributed by atoms with Crippen molar-refractivity contribution in [1.82, 2.24) is 20.3 Å². The lowest BCUT2D eigenvalue weighted by Gasteiger charge is -2.37. The number of hydrogen-bond acceptors (Lipinski definition) is 5. The molecule has 1 aliphatic heterocycles. The summed E-state index contributed by atoms with van der Waals surface area (Å²) in [5, 5.41) is 3.25. The van der Waals surface area contributed by atoms with Crippen molar-refractivity contribution < 1.29 is 9.53 Å². The summed E-state index contributed by atoms with van der Waals surface area (Å²) in [6.45, 7) is 4.99. The zero-order chi connectivity index (χ0) is 21.4. The Balaban J connectivity index is 1.44. The number of hydrogen-bond donors (Lipinski definition) is 1. The van der Waals surface area contributed by atoms with Crippen LogP contribution in [0.25, 0.3) is 11.4 Å². The fourth-order valence-electron chi connectivity index (χ4n) is 4.67. The van der Waals surface area contributed by atoms with Gasteiger partial charge in [-0.25, -0.2) is 9.97 Å². The number of fused-ring (bicyclic) bond motifs is 2. The molecule has 3 aromatic rings. The second-order valence-electron chi connectivity index (χ2n) is 9.14. The molecule has 2 aromatic heterocycles. The standard InChI is InChI=1S/C25H26N4O2/c1-25(2)13-20-19(15-27-23(28-20)17-7-10-26-11-8-17)21(14-25)29-24(30)22-18-6-4-3-5-16(18)9-12-31-22/h3-8,10-11,15,21-22H,9,12-14H2,1-2H3,(H,29,30)/t21-,22-/m0/s1. The van der Waals surface area contributed by atoms with Crippen LogP contribution < -0.4 is 5.32 Å². The first-order chi connectivity index (χ1) is 15.0. The first kappa shape index (κ1) is 19.8. The molecule has 0 bridgehead atoms. The molecule has 0 saturated carbocycles. The van der Waals surface area contributed by atoms with Crippen LogP contribution in [-0.2, 0) is 22.4 Å². The number of benzene rings is 1. The number of rotatable bonds is 3. The number of aromatic nitrogens is 3. The number of ether oxygens (including phenoxy) is 1. The molecule has 1 aromatic carbocycles. The topological polar surface area (TPSA) is 77.0 Å². The number of pyridine rings is 1. The minimum atomic E-state index is -0.574. The van der Waals surface area contributed by atoms with Gasteiger partial charge in [0.05, 0.1) is 18.3 Å². The molecule has 158 valence electrons. The van der Waals surface area contributed by atoms with E-state index in [1.165, 1.54) is 5.56 Å². The first-order valence-electron chi connectivity index (χ1n) is 10.8. The van der Waals surface area contributed by atoms with Gasteiger partial charge in [-0.3, -0.25) is 9.78 Å². The normalized spacial score (nSPS) is 21.6. The fourth-order valence-corrected chi connectivity index (χ4v) is 4.67. The van der Waals surface area contributed by atoms with Crippen LogP contribution in [-0.4, -0.2) is 27.5 Å². The highest BCUT2D eigenvalue weighted by Gasteiger charge is 2.36. The Morgan fingerprint density at radius 3 is 2.77 bits per heavy atom. The van der Waals surface area contributed by atoms with Gasteiger partial charge in [0.15, 0.2) is 11.9 Å². The molecule has 0 radical (unpaired) electrons. The summed E-state index contributed by atoms with van der Waals surface area (Å²) in [5.41, 5.74) is 5.09. The predicted octanol–water partition coefficient (Wildman–Crippen LogP) is 3.98. The molecule has 1 aliphatic carbocycles. The Morgan fingerprint density at radius 1 is 1.13 bits per heavy atom. The molecule has 1 amide bonds. The van der Waals surface area contributed by atoms with Gasteiger partial charge in [0.2, 0.25) is 0 Å². The Bertz CT molecular complexity index is 1110. The van der Waals surface area contributed by atoms with Gasteiger partial charge in [-0.1, -0.05) is 38.1 Å². The predicted molar refractivity (Wildman–Crippen MR) is 117 cm³/mol. The molecule has 0 fully saturated rings. The Morgan fingerprint density at radius 2 is 1.94 bits per heavy atom. The van der Waals surface area contributed by atoms with Crippen LogP contribution in [0.2, 0.25) is 0 Å². The summed E-state index contributed by atoms with van der Waals surface area (Å²) in [6.07, 6.45) is 7.30. The molecule has 6 nitrogen and oxygen atoms in total. The highest BCUT2D eigenvalue weighted by Crippen LogP contribution is 2.41. The quantitative estimate of drug-likeness (QED) is 0.701. The number of carbonyl (C=O) groups excluding carboxylic acids is 1. The van der Waals surface area contributed by atoms with E-state index in [2.05, 4.69) is 35.2 Å². The number of carbonyl (C=O) groups is 1. The maximum Gasteiger partial charge on any atom is 0.254 e. The summed E-state index contributed by atoms with van der Waals surface area (Å²) < 4.78 is 5.88. The van der Waals surface area contributed by atoms with Crippen LogP contribution in [0.5, 0.6) is 0 Å². The average Bonchev–Trinajstić information content (AvgIpc) is 2.78. The van der Waals surface area contributed by atoms with E-state index >= 15 is 0 Å². The monoisotopic (exact) mass is 414 g/mol. The van der Waals surface area contributed by atoms with E-state index in [0.29, 0.717) is 12.4 Å². The molecule has 2 atom stereocenters. The lowest BCUT2D eigenvalue weighted by atomic mass is 9.74. The summed E-state index contributed by atoms with van der Waals surface area (Å²) >= 11 is 0. The van der Waals surface area contributed by atoms with Crippen LogP contribution in [0, 0.1) is 5.41 Å². The van der Waals surface area contributed by atoms with E-state index in [4.69, 9.17) is 9.72 Å². The molecule has 3 heterocycles. The SMILES string of the molecule is CC1(C)Cc2nc(-c3ccncc3)ncc2[C@@H](NC(=O)[C@H]2OCCc3ccccc32)C1. The van der Waals surface area contributed by atoms with Gasteiger partial charge >= 0.3 is 0 Å². The number of amides is 1. The Hall–Kier alpha value is -3.12. The van der Waals surface area contributed by atoms with Crippen molar-refractivity contribution in [1.29, 1.82) is 0 Å². The van der Waals surface area contributed by atoms with E-state index in [1.807, 2.05) is 36.5 Å². The maximum atomic E-state index is 13.3. The van der Waals surface area contributed by atoms with Gasteiger partial charge in [-0.05, 0) is 47.9 Å². The molecule has 0 unspecified atom stereocenters. The summed E-state index contributed by atoms with van der Waals surface area (Å²) in [4.78, 5) is 26.8. The van der Waals surface area contributed by atoms with Crippen molar-refractivity contribution in [3.05, 3.63) is 77.4 Å². The van der Waals surface area contributed by atoms with E-state index in [0.717, 1.165) is 41.6 Å². The van der Waals surface area contributed by atoms with Crippen molar-refractivity contribution in [3.63, 3.8) is 0 Å². The molecule has 0 saturated heterocycles. The van der Waals surface area contributed by atoms with E-state index in [-0.39, 0.29) is 17.4 Å². The van der Waals surface area contributed by atoms with Gasteiger partial charge in [-0.15, -0.1) is 0 Å². The molecule has 6 heteroatoms. The number of nitrogens with zero attached hydrogens (tertiary/aromatic N) is 3. The lowest BCUT2D eigenvalue weighted by Crippen LogP contribution is -2.40. The van der Waals surface area contributed by atoms with Gasteiger partial charge in [0.1, 0.15) is 0 Å². The molecule has 0 spiro atoms. The van der Waals surface area contributed by atoms with Crippen LogP contribution in [0.1, 0.15) is 54.8 Å². The van der Waals surface area contributed by atoms with Crippen molar-refractivity contribution >= 4 is 5.91 Å². The van der Waals surface area contributed by atoms with Crippen molar-refractivity contribution in [2.24, 2.45) is 5.41 Å². The minimum absolute atomic E-state index is 0.0140. The van der Waals surface area contributed by atoms with Crippen LogP contribution in [0.15, 0.2) is 55.0 Å². The molecule has 31 heavy (non-hydrogen) atoms. The number of nitrogens with one attached hydrogen (secondary N) is 1. The molecule has 5 rings (SSSR count). The van der Waals surface area contributed by atoms with Gasteiger partial charge in [-0.2, -0.15) is 0 Å². The zero-order valence-electron chi connectivity index (χ0n) is 17.8. The van der Waals surface area contributed by atoms with Crippen LogP contribution in [0.4, 0.5) is 0 Å². The average molecular weight is 415 g/mol. The third-order valence-corrected chi connectivity index (χ3v) is 6.16. The van der Waals surface area contributed by atoms with E-state index < -0.39 is 6.10 Å². The summed E-state index contributed by atoms with van der Waals surface area (Å²) in [6, 6.07) is 11.7. The van der Waals surface area contributed by atoms with Gasteiger partial charge in [0.25, 0.3) is 5.91 Å². The molecule has 2 aliphatic rings. The van der Waals surface area contributed by atoms with E-state index in [1.54, 1.807) is 12.4 Å². The van der Waals surface area contributed by atoms with Gasteiger partial charge < -0.3 is 10.1 Å². The van der Waals surface area contributed by atoms with E-state index in [9.17, 15) is 4.79 Å². The van der Waals surface area contributed by atoms with Crippen LogP contribution in [0.3, 0.4) is 0 Å². The lowest BCUT2D eigenvalue weighted by molar-refractivity contribution is -0.135. The first-order valence-corrected chi connectivity index (χ1v) is 10.8. The highest BCUT2D eigenvalue weighted by molar-refractivity contribution is 5.83. The summed E-state index contributed by atoms with van der Waals surface area (Å²) in [5.74, 6) is 0.590. The largest absolute Gasteiger partial charge is 0.363 e. The van der Waals surface area contributed by atoms with Crippen LogP contribution >= 0.6 is 0 Å². The third kappa shape index (κ3) is 3.95. The Kier molecular flexibility index (Phi) is 5.02. The molecular formula is C25H26N4O2. The second kappa shape index (κ2) is 7.85.